The highest BCUT2D eigenvalue weighted by atomic mass is 32.1. The van der Waals surface area contributed by atoms with E-state index in [0.717, 1.165) is 21.3 Å². The van der Waals surface area contributed by atoms with Crippen LogP contribution in [-0.2, 0) is 6.54 Å². The lowest BCUT2D eigenvalue weighted by Crippen LogP contribution is -2.22. The van der Waals surface area contributed by atoms with E-state index in [0.29, 0.717) is 23.6 Å². The zero-order valence-electron chi connectivity index (χ0n) is 15.6. The first kappa shape index (κ1) is 18.9. The maximum absolute atomic E-state index is 13.1. The van der Waals surface area contributed by atoms with E-state index in [-0.39, 0.29) is 11.7 Å². The summed E-state index contributed by atoms with van der Waals surface area (Å²) in [5.41, 5.74) is 2.67. The fourth-order valence-electron chi connectivity index (χ4n) is 3.04. The van der Waals surface area contributed by atoms with E-state index in [9.17, 15) is 9.18 Å². The van der Waals surface area contributed by atoms with Crippen LogP contribution in [0.15, 0.2) is 53.9 Å². The van der Waals surface area contributed by atoms with Crippen molar-refractivity contribution < 1.29 is 13.9 Å². The Morgan fingerprint density at radius 3 is 2.76 bits per heavy atom. The van der Waals surface area contributed by atoms with E-state index < -0.39 is 0 Å². The number of rotatable bonds is 6. The van der Waals surface area contributed by atoms with Crippen molar-refractivity contribution in [3.8, 4) is 5.75 Å². The van der Waals surface area contributed by atoms with Crippen LogP contribution in [0.3, 0.4) is 0 Å². The Balaban J connectivity index is 1.65. The Morgan fingerprint density at radius 2 is 2.03 bits per heavy atom. The van der Waals surface area contributed by atoms with Gasteiger partial charge in [0.25, 0.3) is 5.91 Å². The van der Waals surface area contributed by atoms with Crippen molar-refractivity contribution in [1.82, 2.24) is 15.5 Å². The molecule has 0 radical (unpaired) electrons. The summed E-state index contributed by atoms with van der Waals surface area (Å²) in [7, 11) is 1.53. The Kier molecular flexibility index (Phi) is 5.39. The van der Waals surface area contributed by atoms with Crippen molar-refractivity contribution in [3.63, 3.8) is 0 Å². The number of fused-ring (bicyclic) bond motifs is 1. The minimum Gasteiger partial charge on any atom is -0.495 e. The number of nitrogens with one attached hydrogen (secondary N) is 2. The number of amides is 1. The van der Waals surface area contributed by atoms with Crippen LogP contribution in [0.4, 0.5) is 4.39 Å². The number of hydrogen-bond donors (Lipinski definition) is 2. The maximum atomic E-state index is 13.1. The number of carbonyl (C=O) groups excluding carboxylic acids is 1. The Bertz CT molecular complexity index is 1160. The van der Waals surface area contributed by atoms with Crippen LogP contribution in [-0.4, -0.2) is 23.2 Å². The van der Waals surface area contributed by atoms with Crippen molar-refractivity contribution in [1.29, 1.82) is 0 Å². The zero-order valence-corrected chi connectivity index (χ0v) is 16.4. The number of aromatic amines is 1. The lowest BCUT2D eigenvalue weighted by atomic mass is 10.1. The van der Waals surface area contributed by atoms with Crippen LogP contribution in [0, 0.1) is 5.82 Å². The van der Waals surface area contributed by atoms with E-state index in [1.807, 2.05) is 29.7 Å². The van der Waals surface area contributed by atoms with E-state index in [4.69, 9.17) is 4.74 Å². The molecule has 0 fully saturated rings. The third kappa shape index (κ3) is 4.05. The number of halogens is 1. The third-order valence-electron chi connectivity index (χ3n) is 4.47. The number of nitrogens with zero attached hydrogens (tertiary/aromatic N) is 1. The first-order valence-electron chi connectivity index (χ1n) is 8.95. The van der Waals surface area contributed by atoms with Gasteiger partial charge in [0.2, 0.25) is 0 Å². The van der Waals surface area contributed by atoms with Gasteiger partial charge >= 0.3 is 0 Å². The van der Waals surface area contributed by atoms with Gasteiger partial charge in [0, 0.05) is 4.88 Å². The van der Waals surface area contributed by atoms with E-state index >= 15 is 0 Å². The van der Waals surface area contributed by atoms with Gasteiger partial charge in [0.15, 0.2) is 0 Å². The van der Waals surface area contributed by atoms with Crippen molar-refractivity contribution in [2.45, 2.75) is 6.54 Å². The molecule has 1 amide bonds. The Hall–Kier alpha value is -3.45. The summed E-state index contributed by atoms with van der Waals surface area (Å²) in [5, 5.41) is 12.9. The highest BCUT2D eigenvalue weighted by Crippen LogP contribution is 2.32. The van der Waals surface area contributed by atoms with E-state index in [1.165, 1.54) is 19.2 Å². The molecule has 4 aromatic rings. The quantitative estimate of drug-likeness (QED) is 0.479. The number of methoxy groups -OCH3 is 1. The molecule has 0 aliphatic heterocycles. The van der Waals surface area contributed by atoms with Crippen LogP contribution in [0.2, 0.25) is 0 Å². The average molecular weight is 407 g/mol. The predicted octanol–water partition coefficient (Wildman–Crippen LogP) is 4.87. The van der Waals surface area contributed by atoms with Gasteiger partial charge in [-0.2, -0.15) is 5.10 Å². The van der Waals surface area contributed by atoms with Crippen molar-refractivity contribution in [3.05, 3.63) is 81.4 Å². The van der Waals surface area contributed by atoms with Gasteiger partial charge < -0.3 is 10.1 Å². The van der Waals surface area contributed by atoms with E-state index in [1.54, 1.807) is 35.6 Å². The smallest absolute Gasteiger partial charge is 0.255 e. The summed E-state index contributed by atoms with van der Waals surface area (Å²) >= 11 is 1.59. The average Bonchev–Trinajstić information content (AvgIpc) is 3.40. The van der Waals surface area contributed by atoms with Gasteiger partial charge in [0.1, 0.15) is 11.6 Å². The first-order valence-corrected chi connectivity index (χ1v) is 9.83. The summed E-state index contributed by atoms with van der Waals surface area (Å²) < 4.78 is 18.7. The molecule has 0 atom stereocenters. The lowest BCUT2D eigenvalue weighted by Gasteiger charge is -2.10. The molecule has 0 aliphatic rings. The topological polar surface area (TPSA) is 67.0 Å². The van der Waals surface area contributed by atoms with Crippen molar-refractivity contribution in [2.75, 3.05) is 7.11 Å². The molecule has 0 aliphatic carbocycles. The molecule has 0 unspecified atom stereocenters. The Morgan fingerprint density at radius 1 is 1.21 bits per heavy atom. The fraction of sp³-hybridized carbons (Fsp3) is 0.0909. The third-order valence-corrected chi connectivity index (χ3v) is 5.34. The number of ether oxygens (including phenoxy) is 1. The minimum atomic E-state index is -0.285. The number of thiophene rings is 1. The normalized spacial score (nSPS) is 11.2. The summed E-state index contributed by atoms with van der Waals surface area (Å²) in [4.78, 5) is 13.8. The molecule has 2 aromatic heterocycles. The molecule has 4 rings (SSSR count). The molecule has 2 N–H and O–H groups in total. The molecule has 5 nitrogen and oxygen atoms in total. The molecule has 0 spiro atoms. The highest BCUT2D eigenvalue weighted by Gasteiger charge is 2.18. The molecule has 2 heterocycles. The van der Waals surface area contributed by atoms with Crippen LogP contribution in [0.1, 0.15) is 26.5 Å². The Labute approximate surface area is 170 Å². The molecule has 29 heavy (non-hydrogen) atoms. The highest BCUT2D eigenvalue weighted by molar-refractivity contribution is 7.09. The monoisotopic (exact) mass is 407 g/mol. The molecule has 7 heteroatoms. The second-order valence-electron chi connectivity index (χ2n) is 6.32. The minimum absolute atomic E-state index is 0.216. The summed E-state index contributed by atoms with van der Waals surface area (Å²) in [5.74, 6) is -0.0438. The van der Waals surface area contributed by atoms with Gasteiger partial charge in [-0.15, -0.1) is 11.3 Å². The summed E-state index contributed by atoms with van der Waals surface area (Å²) in [6.45, 7) is 0.459. The number of carbonyl (C=O) groups is 1. The van der Waals surface area contributed by atoms with Crippen molar-refractivity contribution >= 4 is 40.3 Å². The first-order chi connectivity index (χ1) is 14.2. The van der Waals surface area contributed by atoms with Gasteiger partial charge in [0.05, 0.1) is 35.8 Å². The number of aromatic nitrogens is 2. The molecule has 0 saturated heterocycles. The predicted molar refractivity (Wildman–Crippen MR) is 113 cm³/mol. The summed E-state index contributed by atoms with van der Waals surface area (Å²) in [6, 6.07) is 13.6. The molecule has 0 bridgehead atoms. The summed E-state index contributed by atoms with van der Waals surface area (Å²) in [6.07, 6.45) is 3.64. The van der Waals surface area contributed by atoms with Gasteiger partial charge in [-0.25, -0.2) is 4.39 Å². The standard InChI is InChI=1S/C22H18FN3O2S/c1-28-21-17(22(27)24-13-16-3-2-12-29-16)9-11-19-20(21)18(25-26-19)10-6-14-4-7-15(23)8-5-14/h2-12H,13H2,1H3,(H,24,27)(H,25,26)/b10-6+. The van der Waals surface area contributed by atoms with Crippen LogP contribution in [0.5, 0.6) is 5.75 Å². The number of H-pyrrole nitrogens is 1. The number of hydrogen-bond acceptors (Lipinski definition) is 4. The SMILES string of the molecule is COc1c(C(=O)NCc2cccs2)ccc2[nH]nc(/C=C/c3ccc(F)cc3)c12. The molecule has 0 saturated carbocycles. The second kappa shape index (κ2) is 8.28. The number of benzene rings is 2. The van der Waals surface area contributed by atoms with Gasteiger partial charge in [-0.05, 0) is 47.4 Å². The van der Waals surface area contributed by atoms with Crippen LogP contribution < -0.4 is 10.1 Å². The van der Waals surface area contributed by atoms with Gasteiger partial charge in [-0.1, -0.05) is 24.3 Å². The fourth-order valence-corrected chi connectivity index (χ4v) is 3.69. The molecule has 2 aromatic carbocycles. The van der Waals surface area contributed by atoms with Gasteiger partial charge in [-0.3, -0.25) is 9.89 Å². The van der Waals surface area contributed by atoms with Crippen LogP contribution >= 0.6 is 11.3 Å². The maximum Gasteiger partial charge on any atom is 0.255 e. The molecular weight excluding hydrogens is 389 g/mol. The van der Waals surface area contributed by atoms with Crippen molar-refractivity contribution in [2.24, 2.45) is 0 Å². The van der Waals surface area contributed by atoms with E-state index in [2.05, 4.69) is 15.5 Å². The molecule has 146 valence electrons. The van der Waals surface area contributed by atoms with Crippen LogP contribution in [0.25, 0.3) is 23.1 Å². The lowest BCUT2D eigenvalue weighted by molar-refractivity contribution is 0.0948. The molecular formula is C22H18FN3O2S. The largest absolute Gasteiger partial charge is 0.495 e. The second-order valence-corrected chi connectivity index (χ2v) is 7.36. The zero-order chi connectivity index (χ0) is 20.2.